The van der Waals surface area contributed by atoms with E-state index in [4.69, 9.17) is 9.73 Å². The first-order valence-corrected chi connectivity index (χ1v) is 8.08. The smallest absolute Gasteiger partial charge is 0.336 e. The van der Waals surface area contributed by atoms with Crippen LogP contribution in [0.5, 0.6) is 0 Å². The molecule has 23 heavy (non-hydrogen) atoms. The Labute approximate surface area is 135 Å². The lowest BCUT2D eigenvalue weighted by molar-refractivity contribution is -0.00391. The lowest BCUT2D eigenvalue weighted by Gasteiger charge is -2.43. The highest BCUT2D eigenvalue weighted by atomic mass is 16.5. The lowest BCUT2D eigenvalue weighted by Crippen LogP contribution is -2.44. The van der Waals surface area contributed by atoms with E-state index >= 15 is 0 Å². The van der Waals surface area contributed by atoms with Gasteiger partial charge in [-0.3, -0.25) is 4.99 Å². The van der Waals surface area contributed by atoms with Crippen molar-refractivity contribution in [1.82, 2.24) is 0 Å². The van der Waals surface area contributed by atoms with Crippen LogP contribution in [-0.2, 0) is 4.74 Å². The van der Waals surface area contributed by atoms with Gasteiger partial charge in [-0.05, 0) is 18.1 Å². The molecule has 1 aromatic carbocycles. The molecule has 0 aromatic heterocycles. The summed E-state index contributed by atoms with van der Waals surface area (Å²) in [6.45, 7) is 0.627. The fourth-order valence-corrected chi connectivity index (χ4v) is 3.97. The third-order valence-corrected chi connectivity index (χ3v) is 5.01. The van der Waals surface area contributed by atoms with E-state index in [1.165, 1.54) is 0 Å². The zero-order chi connectivity index (χ0) is 15.8. The number of carboxylic acid groups (broad SMARTS) is 1. The highest BCUT2D eigenvalue weighted by molar-refractivity contribution is 5.92. The number of carboxylic acids is 1. The number of benzene rings is 1. The van der Waals surface area contributed by atoms with E-state index in [9.17, 15) is 9.90 Å². The van der Waals surface area contributed by atoms with Crippen LogP contribution in [0.1, 0.15) is 34.8 Å². The van der Waals surface area contributed by atoms with Crippen molar-refractivity contribution in [3.63, 3.8) is 0 Å². The Morgan fingerprint density at radius 1 is 1.22 bits per heavy atom. The summed E-state index contributed by atoms with van der Waals surface area (Å²) in [6, 6.07) is 7.02. The Bertz CT molecular complexity index is 719. The van der Waals surface area contributed by atoms with Gasteiger partial charge in [-0.2, -0.15) is 0 Å². The maximum Gasteiger partial charge on any atom is 0.336 e. The molecule has 0 radical (unpaired) electrons. The monoisotopic (exact) mass is 309 g/mol. The number of rotatable bonds is 2. The summed E-state index contributed by atoms with van der Waals surface area (Å²) in [5, 5.41) is 9.52. The second kappa shape index (κ2) is 5.78. The van der Waals surface area contributed by atoms with Crippen molar-refractivity contribution >= 4 is 11.7 Å². The van der Waals surface area contributed by atoms with E-state index in [1.807, 2.05) is 18.2 Å². The van der Waals surface area contributed by atoms with Crippen molar-refractivity contribution in [2.45, 2.75) is 25.0 Å². The topological polar surface area (TPSA) is 58.9 Å². The standard InChI is InChI=1S/C19H19NO3/c21-19(22)13-7-2-1-6-12(13)17-15-9-5-11-23-18(15)14-8-3-4-10-16(14)20-17/h1-7,9,14-15,17-18H,8,10-11H2,(H,21,22). The number of fused-ring (bicyclic) bond motifs is 3. The molecular weight excluding hydrogens is 290 g/mol. The quantitative estimate of drug-likeness (QED) is 0.852. The number of hydrogen-bond donors (Lipinski definition) is 1. The van der Waals surface area contributed by atoms with E-state index in [2.05, 4.69) is 18.2 Å². The number of nitrogens with zero attached hydrogens (tertiary/aromatic N) is 1. The second-order valence-electron chi connectivity index (χ2n) is 6.28. The second-order valence-corrected chi connectivity index (χ2v) is 6.28. The summed E-state index contributed by atoms with van der Waals surface area (Å²) in [5.41, 5.74) is 2.27. The third-order valence-electron chi connectivity index (χ3n) is 5.01. The zero-order valence-electron chi connectivity index (χ0n) is 12.8. The number of allylic oxidation sites excluding steroid dienone is 2. The SMILES string of the molecule is O=C(O)c1ccccc1C1N=C2CC=CCC2C2OCC=CC12. The Morgan fingerprint density at radius 3 is 2.96 bits per heavy atom. The molecule has 0 saturated carbocycles. The van der Waals surface area contributed by atoms with Crippen LogP contribution in [0.3, 0.4) is 0 Å². The Balaban J connectivity index is 1.83. The number of ether oxygens (including phenoxy) is 1. The van der Waals surface area contributed by atoms with Crippen molar-refractivity contribution in [3.8, 4) is 0 Å². The molecule has 4 atom stereocenters. The summed E-state index contributed by atoms with van der Waals surface area (Å²) < 4.78 is 6.05. The van der Waals surface area contributed by atoms with Gasteiger partial charge < -0.3 is 9.84 Å². The van der Waals surface area contributed by atoms with E-state index in [0.29, 0.717) is 18.1 Å². The molecule has 4 heteroatoms. The predicted octanol–water partition coefficient (Wildman–Crippen LogP) is 3.42. The highest BCUT2D eigenvalue weighted by Gasteiger charge is 2.43. The fraction of sp³-hybridized carbons (Fsp3) is 0.368. The summed E-state index contributed by atoms with van der Waals surface area (Å²) >= 11 is 0. The van der Waals surface area contributed by atoms with Gasteiger partial charge in [0.1, 0.15) is 0 Å². The average Bonchev–Trinajstić information content (AvgIpc) is 2.61. The van der Waals surface area contributed by atoms with Crippen LogP contribution < -0.4 is 0 Å². The van der Waals surface area contributed by atoms with Gasteiger partial charge >= 0.3 is 5.97 Å². The Morgan fingerprint density at radius 2 is 2.09 bits per heavy atom. The zero-order valence-corrected chi connectivity index (χ0v) is 12.8. The van der Waals surface area contributed by atoms with Crippen molar-refractivity contribution in [2.75, 3.05) is 6.61 Å². The number of aromatic carboxylic acids is 1. The molecule has 1 N–H and O–H groups in total. The Kier molecular flexibility index (Phi) is 3.62. The molecule has 0 amide bonds. The van der Waals surface area contributed by atoms with Crippen LogP contribution in [0.2, 0.25) is 0 Å². The molecule has 0 saturated heterocycles. The van der Waals surface area contributed by atoms with E-state index in [0.717, 1.165) is 24.1 Å². The normalized spacial score (nSPS) is 31.9. The van der Waals surface area contributed by atoms with Crippen molar-refractivity contribution < 1.29 is 14.6 Å². The minimum absolute atomic E-state index is 0.0873. The first kappa shape index (κ1) is 14.4. The third kappa shape index (κ3) is 2.43. The van der Waals surface area contributed by atoms with Crippen molar-refractivity contribution in [1.29, 1.82) is 0 Å². The van der Waals surface area contributed by atoms with Gasteiger partial charge in [-0.1, -0.05) is 42.5 Å². The minimum Gasteiger partial charge on any atom is -0.478 e. The molecule has 118 valence electrons. The van der Waals surface area contributed by atoms with Crippen LogP contribution in [0.25, 0.3) is 0 Å². The van der Waals surface area contributed by atoms with Gasteiger partial charge in [-0.25, -0.2) is 4.79 Å². The molecule has 0 spiro atoms. The van der Waals surface area contributed by atoms with E-state index in [-0.39, 0.29) is 18.1 Å². The number of hydrogen-bond acceptors (Lipinski definition) is 3. The molecule has 4 unspecified atom stereocenters. The average molecular weight is 309 g/mol. The van der Waals surface area contributed by atoms with Gasteiger partial charge in [0.2, 0.25) is 0 Å². The first-order valence-electron chi connectivity index (χ1n) is 8.08. The summed E-state index contributed by atoms with van der Waals surface area (Å²) in [5.74, 6) is -0.476. The maximum absolute atomic E-state index is 11.6. The van der Waals surface area contributed by atoms with Crippen LogP contribution in [0.4, 0.5) is 0 Å². The van der Waals surface area contributed by atoms with Gasteiger partial charge in [-0.15, -0.1) is 0 Å². The van der Waals surface area contributed by atoms with Crippen LogP contribution >= 0.6 is 0 Å². The molecular formula is C19H19NO3. The molecule has 0 fully saturated rings. The summed E-state index contributed by atoms with van der Waals surface area (Å²) in [4.78, 5) is 16.6. The molecule has 1 aliphatic carbocycles. The number of aliphatic imine (C=N–C) groups is 1. The van der Waals surface area contributed by atoms with Crippen molar-refractivity contribution in [3.05, 3.63) is 59.7 Å². The largest absolute Gasteiger partial charge is 0.478 e. The summed E-state index contributed by atoms with van der Waals surface area (Å²) in [7, 11) is 0. The van der Waals surface area contributed by atoms with E-state index < -0.39 is 5.97 Å². The van der Waals surface area contributed by atoms with Gasteiger partial charge in [0, 0.05) is 24.0 Å². The van der Waals surface area contributed by atoms with Crippen LogP contribution in [0.15, 0.2) is 53.6 Å². The minimum atomic E-state index is -0.899. The fourth-order valence-electron chi connectivity index (χ4n) is 3.97. The Hall–Kier alpha value is -2.20. The summed E-state index contributed by atoms with van der Waals surface area (Å²) in [6.07, 6.45) is 10.4. The maximum atomic E-state index is 11.6. The van der Waals surface area contributed by atoms with Crippen LogP contribution in [-0.4, -0.2) is 29.5 Å². The molecule has 2 aliphatic heterocycles. The molecule has 1 aromatic rings. The number of carbonyl (C=O) groups is 1. The molecule has 2 heterocycles. The predicted molar refractivity (Wildman–Crippen MR) is 87.8 cm³/mol. The molecule has 3 aliphatic rings. The first-order chi connectivity index (χ1) is 11.3. The van der Waals surface area contributed by atoms with Crippen molar-refractivity contribution in [2.24, 2.45) is 16.8 Å². The van der Waals surface area contributed by atoms with E-state index in [1.54, 1.807) is 12.1 Å². The van der Waals surface area contributed by atoms with Gasteiger partial charge in [0.15, 0.2) is 0 Å². The van der Waals surface area contributed by atoms with Gasteiger partial charge in [0.25, 0.3) is 0 Å². The molecule has 4 nitrogen and oxygen atoms in total. The highest BCUT2D eigenvalue weighted by Crippen LogP contribution is 2.43. The van der Waals surface area contributed by atoms with Crippen LogP contribution in [0, 0.1) is 11.8 Å². The molecule has 0 bridgehead atoms. The molecule has 4 rings (SSSR count). The lowest BCUT2D eigenvalue weighted by atomic mass is 9.73. The van der Waals surface area contributed by atoms with Gasteiger partial charge in [0.05, 0.1) is 24.3 Å².